The molecule has 0 bridgehead atoms. The molecule has 152 valence electrons. The summed E-state index contributed by atoms with van der Waals surface area (Å²) in [6.07, 6.45) is 0.447. The summed E-state index contributed by atoms with van der Waals surface area (Å²) in [6.45, 7) is 9.18. The molecule has 1 amide bonds. The first kappa shape index (κ1) is 20.6. The molecule has 1 aliphatic heterocycles. The number of anilines is 1. The molecule has 1 aromatic heterocycles. The number of ether oxygens (including phenoxy) is 3. The predicted molar refractivity (Wildman–Crippen MR) is 109 cm³/mol. The summed E-state index contributed by atoms with van der Waals surface area (Å²) in [5.41, 5.74) is 0.953. The van der Waals surface area contributed by atoms with Crippen molar-refractivity contribution in [2.75, 3.05) is 31.6 Å². The van der Waals surface area contributed by atoms with Crippen molar-refractivity contribution in [2.45, 2.75) is 39.5 Å². The van der Waals surface area contributed by atoms with Gasteiger partial charge in [-0.15, -0.1) is 11.3 Å². The molecule has 28 heavy (non-hydrogen) atoms. The van der Waals surface area contributed by atoms with Crippen LogP contribution in [-0.2, 0) is 16.1 Å². The average Bonchev–Trinajstić information content (AvgIpc) is 3.07. The van der Waals surface area contributed by atoms with Gasteiger partial charge in [-0.1, -0.05) is 0 Å². The summed E-state index contributed by atoms with van der Waals surface area (Å²) in [6, 6.07) is 7.20. The second kappa shape index (κ2) is 9.86. The Bertz CT molecular complexity index is 755. The van der Waals surface area contributed by atoms with E-state index in [2.05, 4.69) is 29.0 Å². The largest absolute Gasteiger partial charge is 0.494 e. The Labute approximate surface area is 169 Å². The predicted octanol–water partition coefficient (Wildman–Crippen LogP) is 3.17. The van der Waals surface area contributed by atoms with Crippen LogP contribution in [-0.4, -0.2) is 54.3 Å². The zero-order chi connectivity index (χ0) is 19.9. The van der Waals surface area contributed by atoms with Crippen molar-refractivity contribution in [1.29, 1.82) is 0 Å². The molecule has 2 aromatic rings. The second-order valence-corrected chi connectivity index (χ2v) is 7.69. The number of hydrogen-bond acceptors (Lipinski definition) is 7. The smallest absolute Gasteiger partial charge is 0.264 e. The van der Waals surface area contributed by atoms with Crippen LogP contribution in [0.3, 0.4) is 0 Å². The minimum Gasteiger partial charge on any atom is -0.494 e. The number of amides is 1. The molecular formula is C20H27N3O4S. The lowest BCUT2D eigenvalue weighted by molar-refractivity contribution is -0.118. The van der Waals surface area contributed by atoms with Gasteiger partial charge in [0, 0.05) is 25.0 Å². The summed E-state index contributed by atoms with van der Waals surface area (Å²) in [4.78, 5) is 19.0. The molecule has 0 aliphatic carbocycles. The SMILES string of the molecule is CCOc1ccc(OCC(=O)Nc2nc(CN3C[C@@H](C)O[C@H](C)C3)cs2)cc1. The Morgan fingerprint density at radius 1 is 1.21 bits per heavy atom. The number of aromatic nitrogens is 1. The molecule has 1 saturated heterocycles. The highest BCUT2D eigenvalue weighted by Crippen LogP contribution is 2.20. The van der Waals surface area contributed by atoms with E-state index in [1.165, 1.54) is 11.3 Å². The van der Waals surface area contributed by atoms with Crippen LogP contribution in [0.2, 0.25) is 0 Å². The van der Waals surface area contributed by atoms with Crippen molar-refractivity contribution in [1.82, 2.24) is 9.88 Å². The Balaban J connectivity index is 1.44. The van der Waals surface area contributed by atoms with Crippen molar-refractivity contribution in [2.24, 2.45) is 0 Å². The Morgan fingerprint density at radius 2 is 1.86 bits per heavy atom. The van der Waals surface area contributed by atoms with Gasteiger partial charge in [0.2, 0.25) is 0 Å². The minimum absolute atomic E-state index is 0.0681. The van der Waals surface area contributed by atoms with E-state index in [0.29, 0.717) is 17.5 Å². The highest BCUT2D eigenvalue weighted by Gasteiger charge is 2.22. The zero-order valence-electron chi connectivity index (χ0n) is 16.5. The number of nitrogens with one attached hydrogen (secondary N) is 1. The van der Waals surface area contributed by atoms with E-state index in [1.807, 2.05) is 24.4 Å². The molecule has 1 aliphatic rings. The lowest BCUT2D eigenvalue weighted by Gasteiger charge is -2.34. The molecule has 3 rings (SSSR count). The van der Waals surface area contributed by atoms with Crippen LogP contribution in [0.1, 0.15) is 26.5 Å². The number of nitrogens with zero attached hydrogens (tertiary/aromatic N) is 2. The molecular weight excluding hydrogens is 378 g/mol. The number of thiazole rings is 1. The molecule has 7 nitrogen and oxygen atoms in total. The van der Waals surface area contributed by atoms with Gasteiger partial charge in [0.15, 0.2) is 11.7 Å². The molecule has 1 aromatic carbocycles. The van der Waals surface area contributed by atoms with Crippen LogP contribution >= 0.6 is 11.3 Å². The van der Waals surface area contributed by atoms with Crippen LogP contribution in [0.5, 0.6) is 11.5 Å². The van der Waals surface area contributed by atoms with Crippen LogP contribution < -0.4 is 14.8 Å². The highest BCUT2D eigenvalue weighted by molar-refractivity contribution is 7.13. The van der Waals surface area contributed by atoms with Crippen molar-refractivity contribution in [3.05, 3.63) is 35.3 Å². The maximum atomic E-state index is 12.1. The van der Waals surface area contributed by atoms with E-state index in [9.17, 15) is 4.79 Å². The number of hydrogen-bond donors (Lipinski definition) is 1. The first-order valence-electron chi connectivity index (χ1n) is 9.49. The molecule has 2 atom stereocenters. The van der Waals surface area contributed by atoms with Crippen LogP contribution in [0.4, 0.5) is 5.13 Å². The lowest BCUT2D eigenvalue weighted by atomic mass is 10.2. The fourth-order valence-electron chi connectivity index (χ4n) is 3.18. The topological polar surface area (TPSA) is 72.9 Å². The molecule has 2 heterocycles. The number of benzene rings is 1. The molecule has 1 N–H and O–H groups in total. The van der Waals surface area contributed by atoms with Crippen molar-refractivity contribution < 1.29 is 19.0 Å². The minimum atomic E-state index is -0.233. The molecule has 0 saturated carbocycles. The normalized spacial score (nSPS) is 20.0. The third-order valence-corrected chi connectivity index (χ3v) is 4.99. The van der Waals surface area contributed by atoms with Crippen LogP contribution in [0.15, 0.2) is 29.6 Å². The zero-order valence-corrected chi connectivity index (χ0v) is 17.3. The number of morpholine rings is 1. The van der Waals surface area contributed by atoms with E-state index in [1.54, 1.807) is 12.1 Å². The fourth-order valence-corrected chi connectivity index (χ4v) is 3.90. The van der Waals surface area contributed by atoms with E-state index in [-0.39, 0.29) is 24.7 Å². The van der Waals surface area contributed by atoms with Crippen molar-refractivity contribution in [3.8, 4) is 11.5 Å². The van der Waals surface area contributed by atoms with Crippen LogP contribution in [0, 0.1) is 0 Å². The number of carbonyl (C=O) groups excluding carboxylic acids is 1. The first-order valence-corrected chi connectivity index (χ1v) is 10.4. The lowest BCUT2D eigenvalue weighted by Crippen LogP contribution is -2.44. The van der Waals surface area contributed by atoms with Gasteiger partial charge in [-0.3, -0.25) is 15.0 Å². The van der Waals surface area contributed by atoms with Crippen LogP contribution in [0.25, 0.3) is 0 Å². The monoisotopic (exact) mass is 405 g/mol. The first-order chi connectivity index (χ1) is 13.5. The third kappa shape index (κ3) is 6.19. The average molecular weight is 406 g/mol. The van der Waals surface area contributed by atoms with E-state index in [0.717, 1.165) is 31.1 Å². The Kier molecular flexibility index (Phi) is 7.24. The Hall–Kier alpha value is -2.16. The highest BCUT2D eigenvalue weighted by atomic mass is 32.1. The summed E-state index contributed by atoms with van der Waals surface area (Å²) < 4.78 is 16.7. The van der Waals surface area contributed by atoms with E-state index >= 15 is 0 Å². The van der Waals surface area contributed by atoms with Gasteiger partial charge in [-0.2, -0.15) is 0 Å². The molecule has 0 radical (unpaired) electrons. The number of carbonyl (C=O) groups is 1. The Morgan fingerprint density at radius 3 is 2.50 bits per heavy atom. The van der Waals surface area contributed by atoms with E-state index < -0.39 is 0 Å². The van der Waals surface area contributed by atoms with Gasteiger partial charge >= 0.3 is 0 Å². The van der Waals surface area contributed by atoms with Gasteiger partial charge in [-0.25, -0.2) is 4.98 Å². The number of rotatable bonds is 8. The molecule has 8 heteroatoms. The summed E-state index contributed by atoms with van der Waals surface area (Å²) in [7, 11) is 0. The molecule has 0 unspecified atom stereocenters. The maximum absolute atomic E-state index is 12.1. The van der Waals surface area contributed by atoms with Gasteiger partial charge in [0.25, 0.3) is 5.91 Å². The maximum Gasteiger partial charge on any atom is 0.264 e. The molecule has 1 fully saturated rings. The van der Waals surface area contributed by atoms with Gasteiger partial charge in [0.1, 0.15) is 11.5 Å². The molecule has 0 spiro atoms. The van der Waals surface area contributed by atoms with Crippen molar-refractivity contribution in [3.63, 3.8) is 0 Å². The summed E-state index contributed by atoms with van der Waals surface area (Å²) in [5, 5.41) is 5.36. The third-order valence-electron chi connectivity index (χ3n) is 4.18. The van der Waals surface area contributed by atoms with Gasteiger partial charge < -0.3 is 14.2 Å². The summed E-state index contributed by atoms with van der Waals surface area (Å²) in [5.74, 6) is 1.16. The fraction of sp³-hybridized carbons (Fsp3) is 0.500. The van der Waals surface area contributed by atoms with Gasteiger partial charge in [-0.05, 0) is 45.0 Å². The van der Waals surface area contributed by atoms with Crippen molar-refractivity contribution >= 4 is 22.4 Å². The summed E-state index contributed by atoms with van der Waals surface area (Å²) >= 11 is 1.42. The van der Waals surface area contributed by atoms with E-state index in [4.69, 9.17) is 14.2 Å². The second-order valence-electron chi connectivity index (χ2n) is 6.84. The van der Waals surface area contributed by atoms with Gasteiger partial charge in [0.05, 0.1) is 24.5 Å². The standard InChI is InChI=1S/C20H27N3O4S/c1-4-25-17-5-7-18(8-6-17)26-12-19(24)22-20-21-16(13-28-20)11-23-9-14(2)27-15(3)10-23/h5-8,13-15H,4,9-12H2,1-3H3,(H,21,22,24)/t14-,15-/m1/s1. The quantitative estimate of drug-likeness (QED) is 0.727.